The number of carbonyl (C=O) groups excluding carboxylic acids is 1. The summed E-state index contributed by atoms with van der Waals surface area (Å²) in [5.41, 5.74) is 0. The zero-order chi connectivity index (χ0) is 13.7. The number of carbonyl (C=O) groups is 3. The summed E-state index contributed by atoms with van der Waals surface area (Å²) in [4.78, 5) is 35.3. The highest BCUT2D eigenvalue weighted by Gasteiger charge is 2.30. The maximum absolute atomic E-state index is 11.9. The first-order valence-electron chi connectivity index (χ1n) is 5.44. The summed E-state index contributed by atoms with van der Waals surface area (Å²) in [6, 6.07) is -0.584. The van der Waals surface area contributed by atoms with Crippen molar-refractivity contribution in [2.75, 3.05) is 33.3 Å². The van der Waals surface area contributed by atoms with Gasteiger partial charge in [-0.1, -0.05) is 0 Å². The Bertz CT molecular complexity index is 329. The highest BCUT2D eigenvalue weighted by Crippen LogP contribution is 2.13. The van der Waals surface area contributed by atoms with E-state index in [0.717, 1.165) is 4.90 Å². The van der Waals surface area contributed by atoms with Gasteiger partial charge in [0.1, 0.15) is 13.1 Å². The topological polar surface area (TPSA) is 107 Å². The minimum absolute atomic E-state index is 0.0783. The molecule has 1 saturated heterocycles. The quantitative estimate of drug-likeness (QED) is 0.676. The van der Waals surface area contributed by atoms with E-state index in [9.17, 15) is 14.4 Å². The second kappa shape index (κ2) is 6.20. The van der Waals surface area contributed by atoms with E-state index in [4.69, 9.17) is 14.9 Å². The Balaban J connectivity index is 2.64. The Kier molecular flexibility index (Phi) is 4.90. The number of aliphatic carboxylic acids is 2. The molecular formula is C10H16N2O6. The van der Waals surface area contributed by atoms with E-state index in [1.165, 1.54) is 12.0 Å². The van der Waals surface area contributed by atoms with Gasteiger partial charge in [-0.2, -0.15) is 0 Å². The van der Waals surface area contributed by atoms with Gasteiger partial charge < -0.3 is 24.7 Å². The van der Waals surface area contributed by atoms with Gasteiger partial charge in [0.2, 0.25) is 0 Å². The monoisotopic (exact) mass is 260 g/mol. The van der Waals surface area contributed by atoms with Crippen LogP contribution in [0.3, 0.4) is 0 Å². The number of hydrogen-bond acceptors (Lipinski definition) is 4. The fraction of sp³-hybridized carbons (Fsp3) is 0.700. The lowest BCUT2D eigenvalue weighted by molar-refractivity contribution is -0.140. The van der Waals surface area contributed by atoms with E-state index >= 15 is 0 Å². The van der Waals surface area contributed by atoms with E-state index in [2.05, 4.69) is 0 Å². The number of urea groups is 1. The van der Waals surface area contributed by atoms with Gasteiger partial charge in [0, 0.05) is 20.2 Å². The molecule has 8 heteroatoms. The number of rotatable bonds is 5. The zero-order valence-electron chi connectivity index (χ0n) is 10.0. The number of carboxylic acids is 2. The summed E-state index contributed by atoms with van der Waals surface area (Å²) in [6.45, 7) is -0.462. The minimum atomic E-state index is -1.24. The van der Waals surface area contributed by atoms with Crippen LogP contribution in [0.1, 0.15) is 6.42 Å². The van der Waals surface area contributed by atoms with Crippen molar-refractivity contribution in [3.8, 4) is 0 Å². The number of carboxylic acid groups (broad SMARTS) is 2. The molecule has 8 nitrogen and oxygen atoms in total. The van der Waals surface area contributed by atoms with Crippen molar-refractivity contribution in [1.82, 2.24) is 9.80 Å². The molecule has 1 rings (SSSR count). The second-order valence-corrected chi connectivity index (χ2v) is 4.02. The van der Waals surface area contributed by atoms with Gasteiger partial charge >= 0.3 is 18.0 Å². The van der Waals surface area contributed by atoms with Gasteiger partial charge in [0.25, 0.3) is 0 Å². The largest absolute Gasteiger partial charge is 0.480 e. The predicted octanol–water partition coefficient (Wildman–Crippen LogP) is -0.702. The van der Waals surface area contributed by atoms with Crippen molar-refractivity contribution in [1.29, 1.82) is 0 Å². The molecule has 1 aliphatic heterocycles. The summed E-state index contributed by atoms with van der Waals surface area (Å²) >= 11 is 0. The fourth-order valence-corrected chi connectivity index (χ4v) is 1.81. The smallest absolute Gasteiger partial charge is 0.323 e. The average Bonchev–Trinajstić information content (AvgIpc) is 2.74. The fourth-order valence-electron chi connectivity index (χ4n) is 1.81. The molecule has 1 atom stereocenters. The van der Waals surface area contributed by atoms with Crippen molar-refractivity contribution in [3.05, 3.63) is 0 Å². The Morgan fingerprint density at radius 1 is 1.28 bits per heavy atom. The molecule has 0 radical (unpaired) electrons. The summed E-state index contributed by atoms with van der Waals surface area (Å²) in [5.74, 6) is -2.49. The van der Waals surface area contributed by atoms with Crippen LogP contribution in [-0.4, -0.2) is 77.4 Å². The Morgan fingerprint density at radius 3 is 2.22 bits per heavy atom. The summed E-state index contributed by atoms with van der Waals surface area (Å²) in [6.07, 6.45) is 0.585. The third kappa shape index (κ3) is 3.88. The molecule has 0 bridgehead atoms. The van der Waals surface area contributed by atoms with Crippen molar-refractivity contribution in [2.24, 2.45) is 0 Å². The molecule has 18 heavy (non-hydrogen) atoms. The highest BCUT2D eigenvalue weighted by molar-refractivity contribution is 5.84. The Hall–Kier alpha value is -1.83. The first kappa shape index (κ1) is 14.2. The van der Waals surface area contributed by atoms with Crippen LogP contribution in [-0.2, 0) is 14.3 Å². The van der Waals surface area contributed by atoms with Crippen molar-refractivity contribution >= 4 is 18.0 Å². The van der Waals surface area contributed by atoms with E-state index in [1.54, 1.807) is 0 Å². The zero-order valence-corrected chi connectivity index (χ0v) is 10.0. The third-order valence-electron chi connectivity index (χ3n) is 2.67. The molecule has 102 valence electrons. The molecule has 2 N–H and O–H groups in total. The third-order valence-corrected chi connectivity index (χ3v) is 2.67. The first-order valence-corrected chi connectivity index (χ1v) is 5.44. The number of amides is 2. The molecule has 1 aliphatic rings. The van der Waals surface area contributed by atoms with Gasteiger partial charge in [-0.3, -0.25) is 9.59 Å². The number of ether oxygens (including phenoxy) is 1. The molecule has 1 unspecified atom stereocenters. The number of methoxy groups -OCH3 is 1. The second-order valence-electron chi connectivity index (χ2n) is 4.02. The maximum Gasteiger partial charge on any atom is 0.323 e. The van der Waals surface area contributed by atoms with E-state index < -0.39 is 31.1 Å². The Morgan fingerprint density at radius 2 is 1.83 bits per heavy atom. The van der Waals surface area contributed by atoms with Gasteiger partial charge in [0.15, 0.2) is 0 Å². The van der Waals surface area contributed by atoms with Crippen molar-refractivity contribution < 1.29 is 29.3 Å². The number of hydrogen-bond donors (Lipinski definition) is 2. The standard InChI is InChI=1S/C10H16N2O6/c1-18-7-2-3-11(4-7)10(17)12(5-8(13)14)6-9(15)16/h7H,2-6H2,1H3,(H,13,14)(H,15,16). The average molecular weight is 260 g/mol. The number of likely N-dealkylation sites (tertiary alicyclic amines) is 1. The summed E-state index contributed by atoms with van der Waals surface area (Å²) < 4.78 is 5.09. The lowest BCUT2D eigenvalue weighted by Crippen LogP contribution is -2.46. The van der Waals surface area contributed by atoms with E-state index in [1.807, 2.05) is 0 Å². The first-order chi connectivity index (χ1) is 8.43. The van der Waals surface area contributed by atoms with Gasteiger partial charge in [0.05, 0.1) is 6.10 Å². The van der Waals surface area contributed by atoms with Crippen molar-refractivity contribution in [3.63, 3.8) is 0 Å². The molecule has 1 heterocycles. The van der Waals surface area contributed by atoms with Crippen LogP contribution in [0.4, 0.5) is 4.79 Å². The van der Waals surface area contributed by atoms with Crippen molar-refractivity contribution in [2.45, 2.75) is 12.5 Å². The maximum atomic E-state index is 11.9. The SMILES string of the molecule is COC1CCN(C(=O)N(CC(=O)O)CC(=O)O)C1. The number of nitrogens with zero attached hydrogens (tertiary/aromatic N) is 2. The van der Waals surface area contributed by atoms with Crippen LogP contribution in [0.5, 0.6) is 0 Å². The molecule has 2 amide bonds. The predicted molar refractivity (Wildman–Crippen MR) is 59.2 cm³/mol. The van der Waals surface area contributed by atoms with Crippen LogP contribution >= 0.6 is 0 Å². The van der Waals surface area contributed by atoms with E-state index in [-0.39, 0.29) is 6.10 Å². The minimum Gasteiger partial charge on any atom is -0.480 e. The van der Waals surface area contributed by atoms with Crippen LogP contribution in [0, 0.1) is 0 Å². The highest BCUT2D eigenvalue weighted by atomic mass is 16.5. The molecule has 0 saturated carbocycles. The molecular weight excluding hydrogens is 244 g/mol. The van der Waals surface area contributed by atoms with Crippen LogP contribution < -0.4 is 0 Å². The van der Waals surface area contributed by atoms with Gasteiger partial charge in [-0.15, -0.1) is 0 Å². The van der Waals surface area contributed by atoms with Gasteiger partial charge in [-0.05, 0) is 6.42 Å². The summed E-state index contributed by atoms with van der Waals surface area (Å²) in [7, 11) is 1.53. The Labute approximate surface area is 104 Å². The van der Waals surface area contributed by atoms with Crippen LogP contribution in [0.25, 0.3) is 0 Å². The van der Waals surface area contributed by atoms with Crippen LogP contribution in [0.2, 0.25) is 0 Å². The normalized spacial score (nSPS) is 18.7. The lowest BCUT2D eigenvalue weighted by atomic mass is 10.3. The molecule has 0 aromatic heterocycles. The lowest BCUT2D eigenvalue weighted by Gasteiger charge is -2.25. The van der Waals surface area contributed by atoms with E-state index in [0.29, 0.717) is 19.5 Å². The molecule has 0 aromatic rings. The van der Waals surface area contributed by atoms with Gasteiger partial charge in [-0.25, -0.2) is 4.79 Å². The molecule has 0 aromatic carbocycles. The van der Waals surface area contributed by atoms with Crippen LogP contribution in [0.15, 0.2) is 0 Å². The summed E-state index contributed by atoms with van der Waals surface area (Å²) in [5, 5.41) is 17.3. The molecule has 1 fully saturated rings. The molecule has 0 aliphatic carbocycles. The molecule has 0 spiro atoms.